The number of benzene rings is 1. The van der Waals surface area contributed by atoms with Gasteiger partial charge in [-0.3, -0.25) is 0 Å². The Morgan fingerprint density at radius 3 is 2.58 bits per heavy atom. The van der Waals surface area contributed by atoms with Gasteiger partial charge < -0.3 is 14.6 Å². The van der Waals surface area contributed by atoms with Gasteiger partial charge in [-0.05, 0) is 32.9 Å². The maximum atomic E-state index is 11.8. The molecule has 2 rings (SSSR count). The second-order valence-corrected chi connectivity index (χ2v) is 4.31. The van der Waals surface area contributed by atoms with E-state index in [1.165, 1.54) is 0 Å². The number of nitrogens with one attached hydrogen (secondary N) is 1. The highest BCUT2D eigenvalue weighted by Crippen LogP contribution is 2.21. The van der Waals surface area contributed by atoms with Gasteiger partial charge in [-0.15, -0.1) is 0 Å². The van der Waals surface area contributed by atoms with Crippen molar-refractivity contribution in [1.29, 1.82) is 0 Å². The van der Waals surface area contributed by atoms with Gasteiger partial charge in [0.1, 0.15) is 11.5 Å². The van der Waals surface area contributed by atoms with E-state index in [2.05, 4.69) is 10.5 Å². The van der Waals surface area contributed by atoms with Gasteiger partial charge in [0.2, 0.25) is 0 Å². The third-order valence-corrected chi connectivity index (χ3v) is 2.81. The normalized spacial score (nSPS) is 11.9. The maximum Gasteiger partial charge on any atom is 0.413 e. The van der Waals surface area contributed by atoms with Crippen LogP contribution in [0.15, 0.2) is 34.9 Å². The molecule has 100 valence electrons. The fourth-order valence-electron chi connectivity index (χ4n) is 1.98. The summed E-state index contributed by atoms with van der Waals surface area (Å²) in [6.45, 7) is 5.52. The number of rotatable bonds is 3. The Kier molecular flexibility index (Phi) is 3.85. The fourth-order valence-corrected chi connectivity index (χ4v) is 1.98. The minimum Gasteiger partial charge on any atom is -0.410 e. The Labute approximate surface area is 111 Å². The van der Waals surface area contributed by atoms with Crippen LogP contribution in [-0.4, -0.2) is 11.2 Å². The van der Waals surface area contributed by atoms with Crippen LogP contribution < -0.4 is 10.1 Å². The first kappa shape index (κ1) is 13.1. The molecule has 0 fully saturated rings. The van der Waals surface area contributed by atoms with E-state index in [4.69, 9.17) is 9.26 Å². The number of aryl methyl sites for hydroxylation is 2. The molecule has 0 aliphatic carbocycles. The molecule has 1 aromatic heterocycles. The van der Waals surface area contributed by atoms with Crippen molar-refractivity contribution in [2.75, 3.05) is 0 Å². The first-order valence-electron chi connectivity index (χ1n) is 6.04. The summed E-state index contributed by atoms with van der Waals surface area (Å²) in [7, 11) is 0. The largest absolute Gasteiger partial charge is 0.413 e. The van der Waals surface area contributed by atoms with Gasteiger partial charge in [-0.2, -0.15) is 0 Å². The van der Waals surface area contributed by atoms with Crippen molar-refractivity contribution in [3.8, 4) is 5.75 Å². The smallest absolute Gasteiger partial charge is 0.410 e. The molecule has 0 aliphatic heterocycles. The third-order valence-electron chi connectivity index (χ3n) is 2.81. The zero-order valence-corrected chi connectivity index (χ0v) is 11.1. The summed E-state index contributed by atoms with van der Waals surface area (Å²) in [6.07, 6.45) is -0.501. The lowest BCUT2D eigenvalue weighted by atomic mass is 10.1. The number of carbonyl (C=O) groups excluding carboxylic acids is 1. The maximum absolute atomic E-state index is 11.8. The molecule has 0 bridgehead atoms. The van der Waals surface area contributed by atoms with E-state index >= 15 is 0 Å². The second-order valence-electron chi connectivity index (χ2n) is 4.31. The quantitative estimate of drug-likeness (QED) is 0.920. The lowest BCUT2D eigenvalue weighted by Crippen LogP contribution is -2.30. The lowest BCUT2D eigenvalue weighted by molar-refractivity contribution is 0.197. The van der Waals surface area contributed by atoms with Crippen LogP contribution in [0.4, 0.5) is 4.79 Å². The Hall–Kier alpha value is -2.30. The highest BCUT2D eigenvalue weighted by Gasteiger charge is 2.18. The zero-order chi connectivity index (χ0) is 13.8. The number of ether oxygens (including phenoxy) is 1. The van der Waals surface area contributed by atoms with E-state index in [0.29, 0.717) is 11.5 Å². The summed E-state index contributed by atoms with van der Waals surface area (Å²) < 4.78 is 10.2. The topological polar surface area (TPSA) is 64.4 Å². The standard InChI is InChI=1S/C14H16N2O3/c1-9(13-10(2)16-19-11(13)3)15-14(17)18-12-7-5-4-6-8-12/h4-9H,1-3H3,(H,15,17). The lowest BCUT2D eigenvalue weighted by Gasteiger charge is -2.13. The summed E-state index contributed by atoms with van der Waals surface area (Å²) in [5.74, 6) is 1.20. The van der Waals surface area contributed by atoms with Crippen molar-refractivity contribution < 1.29 is 14.1 Å². The molecule has 1 heterocycles. The molecule has 1 atom stereocenters. The predicted molar refractivity (Wildman–Crippen MR) is 70.0 cm³/mol. The predicted octanol–water partition coefficient (Wildman–Crippen LogP) is 3.14. The molecule has 1 unspecified atom stereocenters. The summed E-state index contributed by atoms with van der Waals surface area (Å²) >= 11 is 0. The minimum atomic E-state index is -0.501. The number of hydrogen-bond acceptors (Lipinski definition) is 4. The molecule has 0 saturated carbocycles. The van der Waals surface area contributed by atoms with Gasteiger partial charge in [0, 0.05) is 5.56 Å². The molecule has 2 aromatic rings. The number of para-hydroxylation sites is 1. The van der Waals surface area contributed by atoms with Crippen LogP contribution in [0.25, 0.3) is 0 Å². The monoisotopic (exact) mass is 260 g/mol. The highest BCUT2D eigenvalue weighted by atomic mass is 16.6. The van der Waals surface area contributed by atoms with Crippen molar-refractivity contribution in [2.45, 2.75) is 26.8 Å². The zero-order valence-electron chi connectivity index (χ0n) is 11.1. The molecular weight excluding hydrogens is 244 g/mol. The summed E-state index contributed by atoms with van der Waals surface area (Å²) in [4.78, 5) is 11.8. The Bertz CT molecular complexity index is 544. The van der Waals surface area contributed by atoms with Crippen LogP contribution in [-0.2, 0) is 0 Å². The second kappa shape index (κ2) is 5.56. The molecule has 0 aliphatic rings. The van der Waals surface area contributed by atoms with E-state index in [1.54, 1.807) is 24.3 Å². The van der Waals surface area contributed by atoms with E-state index in [1.807, 2.05) is 26.8 Å². The van der Waals surface area contributed by atoms with E-state index in [9.17, 15) is 4.79 Å². The molecule has 5 nitrogen and oxygen atoms in total. The van der Waals surface area contributed by atoms with Gasteiger partial charge >= 0.3 is 6.09 Å². The number of amides is 1. The molecule has 0 saturated heterocycles. The van der Waals surface area contributed by atoms with Crippen LogP contribution >= 0.6 is 0 Å². The first-order valence-corrected chi connectivity index (χ1v) is 6.04. The minimum absolute atomic E-state index is 0.220. The molecule has 0 radical (unpaired) electrons. The van der Waals surface area contributed by atoms with Gasteiger partial charge in [-0.1, -0.05) is 23.4 Å². The molecule has 19 heavy (non-hydrogen) atoms. The SMILES string of the molecule is Cc1noc(C)c1C(C)NC(=O)Oc1ccccc1. The van der Waals surface area contributed by atoms with Gasteiger partial charge in [-0.25, -0.2) is 4.79 Å². The fraction of sp³-hybridized carbons (Fsp3) is 0.286. The average Bonchev–Trinajstić information content (AvgIpc) is 2.70. The number of aromatic nitrogens is 1. The van der Waals surface area contributed by atoms with Crippen LogP contribution in [0, 0.1) is 13.8 Å². The Morgan fingerprint density at radius 2 is 2.00 bits per heavy atom. The molecular formula is C14H16N2O3. The number of nitrogens with zero attached hydrogens (tertiary/aromatic N) is 1. The van der Waals surface area contributed by atoms with Crippen LogP contribution in [0.5, 0.6) is 5.75 Å². The number of hydrogen-bond donors (Lipinski definition) is 1. The van der Waals surface area contributed by atoms with Crippen LogP contribution in [0.2, 0.25) is 0 Å². The van der Waals surface area contributed by atoms with Gasteiger partial charge in [0.15, 0.2) is 0 Å². The van der Waals surface area contributed by atoms with E-state index < -0.39 is 6.09 Å². The summed E-state index contributed by atoms with van der Waals surface area (Å²) in [5.41, 5.74) is 1.65. The van der Waals surface area contributed by atoms with E-state index in [-0.39, 0.29) is 6.04 Å². The van der Waals surface area contributed by atoms with Crippen LogP contribution in [0.3, 0.4) is 0 Å². The highest BCUT2D eigenvalue weighted by molar-refractivity contribution is 5.71. The van der Waals surface area contributed by atoms with Gasteiger partial charge in [0.05, 0.1) is 11.7 Å². The molecule has 1 N–H and O–H groups in total. The van der Waals surface area contributed by atoms with Crippen molar-refractivity contribution >= 4 is 6.09 Å². The van der Waals surface area contributed by atoms with Crippen molar-refractivity contribution in [2.24, 2.45) is 0 Å². The third kappa shape index (κ3) is 3.13. The average molecular weight is 260 g/mol. The molecule has 5 heteroatoms. The molecule has 0 spiro atoms. The van der Waals surface area contributed by atoms with Crippen molar-refractivity contribution in [3.63, 3.8) is 0 Å². The van der Waals surface area contributed by atoms with E-state index in [0.717, 1.165) is 11.3 Å². The van der Waals surface area contributed by atoms with Crippen LogP contribution in [0.1, 0.15) is 30.0 Å². The van der Waals surface area contributed by atoms with Crippen molar-refractivity contribution in [3.05, 3.63) is 47.3 Å². The number of carbonyl (C=O) groups is 1. The summed E-state index contributed by atoms with van der Waals surface area (Å²) in [5, 5.41) is 6.61. The Balaban J connectivity index is 2.00. The molecule has 1 amide bonds. The Morgan fingerprint density at radius 1 is 1.32 bits per heavy atom. The summed E-state index contributed by atoms with van der Waals surface area (Å²) in [6, 6.07) is 8.69. The van der Waals surface area contributed by atoms with Crippen molar-refractivity contribution in [1.82, 2.24) is 10.5 Å². The first-order chi connectivity index (χ1) is 9.08. The molecule has 1 aromatic carbocycles. The van der Waals surface area contributed by atoms with Gasteiger partial charge in [0.25, 0.3) is 0 Å².